The van der Waals surface area contributed by atoms with Gasteiger partial charge in [0.1, 0.15) is 0 Å². The number of hydrogen-bond acceptors (Lipinski definition) is 4. The Morgan fingerprint density at radius 2 is 2.04 bits per heavy atom. The van der Waals surface area contributed by atoms with Crippen LogP contribution in [-0.4, -0.2) is 52.5 Å². The van der Waals surface area contributed by atoms with E-state index in [1.807, 2.05) is 32.1 Å². The fourth-order valence-electron chi connectivity index (χ4n) is 3.63. The third-order valence-electron chi connectivity index (χ3n) is 5.57. The van der Waals surface area contributed by atoms with E-state index >= 15 is 0 Å². The maximum Gasteiger partial charge on any atom is 0.0932 e. The van der Waals surface area contributed by atoms with Crippen molar-refractivity contribution in [3.63, 3.8) is 0 Å². The van der Waals surface area contributed by atoms with Crippen LogP contribution in [-0.2, 0) is 0 Å². The molecule has 1 fully saturated rings. The van der Waals surface area contributed by atoms with E-state index in [0.717, 1.165) is 36.7 Å². The van der Waals surface area contributed by atoms with E-state index in [9.17, 15) is 10.2 Å². The summed E-state index contributed by atoms with van der Waals surface area (Å²) < 4.78 is 0. The van der Waals surface area contributed by atoms with Crippen molar-refractivity contribution in [3.05, 3.63) is 47.7 Å². The number of rotatable bonds is 9. The molecule has 0 bridgehead atoms. The van der Waals surface area contributed by atoms with Gasteiger partial charge in [0.2, 0.25) is 0 Å². The zero-order valence-corrected chi connectivity index (χ0v) is 18.3. The first-order valence-electron chi connectivity index (χ1n) is 9.77. The zero-order chi connectivity index (χ0) is 20.7. The maximum absolute atomic E-state index is 11.4. The molecule has 1 heterocycles. The second-order valence-electron chi connectivity index (χ2n) is 8.11. The van der Waals surface area contributed by atoms with Crippen molar-refractivity contribution in [3.8, 4) is 0 Å². The molecule has 2 unspecified atom stereocenters. The Labute approximate surface area is 170 Å². The van der Waals surface area contributed by atoms with Crippen molar-refractivity contribution >= 4 is 11.6 Å². The normalized spacial score (nSPS) is 26.8. The SMILES string of the molecule is C=CN[C@@H](/C=C/CN1CCC(O)(/C(C)=C/C=C(/Cl)CC)C(C)(C)C1)C(C)O. The van der Waals surface area contributed by atoms with Gasteiger partial charge in [-0.25, -0.2) is 0 Å². The molecule has 0 amide bonds. The molecular formula is C22H37ClN2O2. The zero-order valence-electron chi connectivity index (χ0n) is 17.5. The molecule has 5 heteroatoms. The van der Waals surface area contributed by atoms with Crippen molar-refractivity contribution in [1.82, 2.24) is 10.2 Å². The van der Waals surface area contributed by atoms with E-state index in [-0.39, 0.29) is 11.5 Å². The predicted molar refractivity (Wildman–Crippen MR) is 116 cm³/mol. The first kappa shape index (κ1) is 24.0. The van der Waals surface area contributed by atoms with E-state index < -0.39 is 11.7 Å². The highest BCUT2D eigenvalue weighted by atomic mass is 35.5. The summed E-state index contributed by atoms with van der Waals surface area (Å²) in [6.07, 6.45) is 10.5. The van der Waals surface area contributed by atoms with Crippen LogP contribution < -0.4 is 5.32 Å². The van der Waals surface area contributed by atoms with Gasteiger partial charge in [-0.05, 0) is 44.5 Å². The first-order chi connectivity index (χ1) is 12.6. The van der Waals surface area contributed by atoms with E-state index in [0.29, 0.717) is 6.42 Å². The lowest BCUT2D eigenvalue weighted by molar-refractivity contribution is -0.0891. The number of halogens is 1. The smallest absolute Gasteiger partial charge is 0.0932 e. The van der Waals surface area contributed by atoms with Gasteiger partial charge in [0.15, 0.2) is 0 Å². The van der Waals surface area contributed by atoms with Gasteiger partial charge in [0.05, 0.1) is 17.7 Å². The molecule has 1 rings (SSSR count). The first-order valence-corrected chi connectivity index (χ1v) is 10.1. The van der Waals surface area contributed by atoms with Crippen LogP contribution >= 0.6 is 11.6 Å². The lowest BCUT2D eigenvalue weighted by Crippen LogP contribution is -2.57. The lowest BCUT2D eigenvalue weighted by atomic mass is 9.66. The second-order valence-corrected chi connectivity index (χ2v) is 8.60. The minimum absolute atomic E-state index is 0.141. The molecule has 154 valence electrons. The van der Waals surface area contributed by atoms with E-state index in [1.54, 1.807) is 13.1 Å². The van der Waals surface area contributed by atoms with Crippen molar-refractivity contribution in [1.29, 1.82) is 0 Å². The summed E-state index contributed by atoms with van der Waals surface area (Å²) in [5.74, 6) is 0. The number of aliphatic hydroxyl groups excluding tert-OH is 1. The minimum Gasteiger partial charge on any atom is -0.391 e. The molecule has 4 nitrogen and oxygen atoms in total. The highest BCUT2D eigenvalue weighted by Crippen LogP contribution is 2.43. The van der Waals surface area contributed by atoms with Crippen molar-refractivity contribution < 1.29 is 10.2 Å². The van der Waals surface area contributed by atoms with Gasteiger partial charge in [-0.15, -0.1) is 0 Å². The Balaban J connectivity index is 2.79. The molecule has 1 saturated heterocycles. The van der Waals surface area contributed by atoms with E-state index in [2.05, 4.69) is 36.7 Å². The largest absolute Gasteiger partial charge is 0.391 e. The van der Waals surface area contributed by atoms with Gasteiger partial charge in [-0.2, -0.15) is 0 Å². The monoisotopic (exact) mass is 396 g/mol. The predicted octanol–water partition coefficient (Wildman–Crippen LogP) is 3.97. The van der Waals surface area contributed by atoms with Crippen LogP contribution in [0.2, 0.25) is 0 Å². The molecule has 27 heavy (non-hydrogen) atoms. The number of piperidine rings is 1. The van der Waals surface area contributed by atoms with Crippen molar-refractivity contribution in [2.24, 2.45) is 5.41 Å². The molecule has 0 aliphatic carbocycles. The van der Waals surface area contributed by atoms with Gasteiger partial charge in [-0.1, -0.05) is 57.2 Å². The van der Waals surface area contributed by atoms with Gasteiger partial charge in [0, 0.05) is 30.1 Å². The molecule has 0 saturated carbocycles. The fourth-order valence-corrected chi connectivity index (χ4v) is 3.70. The number of likely N-dealkylation sites (tertiary alicyclic amines) is 1. The third-order valence-corrected chi connectivity index (χ3v) is 5.96. The van der Waals surface area contributed by atoms with Crippen molar-refractivity contribution in [2.75, 3.05) is 19.6 Å². The maximum atomic E-state index is 11.4. The topological polar surface area (TPSA) is 55.7 Å². The Hall–Kier alpha value is -1.07. The molecular weight excluding hydrogens is 360 g/mol. The summed E-state index contributed by atoms with van der Waals surface area (Å²) >= 11 is 6.11. The van der Waals surface area contributed by atoms with Gasteiger partial charge in [0.25, 0.3) is 0 Å². The molecule has 0 radical (unpaired) electrons. The van der Waals surface area contributed by atoms with Crippen LogP contribution in [0, 0.1) is 5.41 Å². The van der Waals surface area contributed by atoms with Gasteiger partial charge in [-0.3, -0.25) is 4.90 Å². The van der Waals surface area contributed by atoms with Crippen LogP contribution in [0.15, 0.2) is 47.7 Å². The number of aliphatic hydroxyl groups is 2. The summed E-state index contributed by atoms with van der Waals surface area (Å²) in [6.45, 7) is 16.0. The Morgan fingerprint density at radius 1 is 1.37 bits per heavy atom. The molecule has 1 aliphatic heterocycles. The van der Waals surface area contributed by atoms with Gasteiger partial charge < -0.3 is 15.5 Å². The molecule has 0 aromatic rings. The quantitative estimate of drug-likeness (QED) is 0.407. The third kappa shape index (κ3) is 6.49. The van der Waals surface area contributed by atoms with Crippen LogP contribution in [0.25, 0.3) is 0 Å². The molecule has 0 aromatic heterocycles. The Bertz CT molecular complexity index is 581. The molecule has 3 atom stereocenters. The van der Waals surface area contributed by atoms with Crippen LogP contribution in [0.4, 0.5) is 0 Å². The average Bonchev–Trinajstić information content (AvgIpc) is 2.61. The second kappa shape index (κ2) is 10.5. The highest BCUT2D eigenvalue weighted by molar-refractivity contribution is 6.29. The number of allylic oxidation sites excluding steroid dienone is 3. The van der Waals surface area contributed by atoms with Crippen LogP contribution in [0.3, 0.4) is 0 Å². The average molecular weight is 397 g/mol. The van der Waals surface area contributed by atoms with E-state index in [1.165, 1.54) is 0 Å². The number of nitrogens with zero attached hydrogens (tertiary/aromatic N) is 1. The summed E-state index contributed by atoms with van der Waals surface area (Å²) in [5.41, 5.74) is -0.171. The van der Waals surface area contributed by atoms with E-state index in [4.69, 9.17) is 11.6 Å². The summed E-state index contributed by atoms with van der Waals surface area (Å²) in [5, 5.41) is 25.0. The lowest BCUT2D eigenvalue weighted by Gasteiger charge is -2.51. The Morgan fingerprint density at radius 3 is 2.56 bits per heavy atom. The molecule has 1 aliphatic rings. The minimum atomic E-state index is -0.846. The molecule has 0 aromatic carbocycles. The fraction of sp³-hybridized carbons (Fsp3) is 0.636. The number of nitrogens with one attached hydrogen (secondary N) is 1. The number of hydrogen-bond donors (Lipinski definition) is 3. The summed E-state index contributed by atoms with van der Waals surface area (Å²) in [7, 11) is 0. The summed E-state index contributed by atoms with van der Waals surface area (Å²) in [4.78, 5) is 2.33. The molecule has 3 N–H and O–H groups in total. The summed E-state index contributed by atoms with van der Waals surface area (Å²) in [6, 6.07) is -0.141. The molecule has 0 spiro atoms. The van der Waals surface area contributed by atoms with Crippen LogP contribution in [0.5, 0.6) is 0 Å². The van der Waals surface area contributed by atoms with Crippen LogP contribution in [0.1, 0.15) is 47.5 Å². The van der Waals surface area contributed by atoms with Crippen molar-refractivity contribution in [2.45, 2.75) is 65.2 Å². The highest BCUT2D eigenvalue weighted by Gasteiger charge is 2.48. The standard InChI is InChI=1S/C22H37ClN2O2/c1-7-19(23)12-11-17(3)22(27)13-15-25(16-21(22,5)6)14-9-10-20(18(4)26)24-8-2/h8-12,18,20,24,26-27H,2,7,13-16H2,1,3-6H3/b10-9+,17-11+,19-12+/t18?,20-,22?/m0/s1. The van der Waals surface area contributed by atoms with Gasteiger partial charge >= 0.3 is 0 Å². The Kier molecular flexibility index (Phi) is 9.29.